The molecule has 180 valence electrons. The lowest BCUT2D eigenvalue weighted by molar-refractivity contribution is -0.384. The van der Waals surface area contributed by atoms with Gasteiger partial charge in [-0.15, -0.1) is 11.8 Å². The van der Waals surface area contributed by atoms with Crippen molar-refractivity contribution < 1.29 is 29.5 Å². The van der Waals surface area contributed by atoms with E-state index >= 15 is 0 Å². The Balaban J connectivity index is 1.71. The first-order chi connectivity index (χ1) is 16.6. The molecule has 0 atom stereocenters. The molecule has 0 spiro atoms. The van der Waals surface area contributed by atoms with Crippen LogP contribution in [0.5, 0.6) is 0 Å². The van der Waals surface area contributed by atoms with E-state index in [4.69, 9.17) is 0 Å². The van der Waals surface area contributed by atoms with Crippen LogP contribution < -0.4 is 5.43 Å². The maximum absolute atomic E-state index is 12.1. The summed E-state index contributed by atoms with van der Waals surface area (Å²) < 4.78 is 1.70. The number of nitrogens with one attached hydrogen (secondary N) is 1. The van der Waals surface area contributed by atoms with Crippen LogP contribution in [0.4, 0.5) is 5.69 Å². The van der Waals surface area contributed by atoms with E-state index in [1.54, 1.807) is 36.6 Å². The predicted molar refractivity (Wildman–Crippen MR) is 129 cm³/mol. The molecule has 0 aliphatic rings. The summed E-state index contributed by atoms with van der Waals surface area (Å²) in [5, 5.41) is 33.3. The molecule has 3 aromatic rings. The monoisotopic (exact) mass is 496 g/mol. The first-order valence-electron chi connectivity index (χ1n) is 10.1. The summed E-state index contributed by atoms with van der Waals surface area (Å²) in [6, 6.07) is 11.5. The normalized spacial score (nSPS) is 10.9. The van der Waals surface area contributed by atoms with E-state index in [-0.39, 0.29) is 28.5 Å². The molecule has 2 aromatic carbocycles. The average Bonchev–Trinajstić information content (AvgIpc) is 3.10. The number of carbonyl (C=O) groups excluding carboxylic acids is 1. The molecule has 35 heavy (non-hydrogen) atoms. The van der Waals surface area contributed by atoms with Gasteiger partial charge in [0.25, 0.3) is 5.69 Å². The number of nitro benzene ring substituents is 1. The molecule has 0 saturated heterocycles. The third-order valence-electron chi connectivity index (χ3n) is 4.95. The second kappa shape index (κ2) is 10.7. The molecule has 1 amide bonds. The van der Waals surface area contributed by atoms with Crippen molar-refractivity contribution in [2.24, 2.45) is 5.10 Å². The Morgan fingerprint density at radius 1 is 1.06 bits per heavy atom. The highest BCUT2D eigenvalue weighted by Gasteiger charge is 2.16. The fourth-order valence-electron chi connectivity index (χ4n) is 3.32. The Bertz CT molecular complexity index is 1310. The van der Waals surface area contributed by atoms with Gasteiger partial charge >= 0.3 is 11.9 Å². The largest absolute Gasteiger partial charge is 0.478 e. The van der Waals surface area contributed by atoms with Gasteiger partial charge in [-0.05, 0) is 50.2 Å². The second-order valence-corrected chi connectivity index (χ2v) is 8.42. The smallest absolute Gasteiger partial charge is 0.335 e. The van der Waals surface area contributed by atoms with Crippen LogP contribution in [-0.4, -0.2) is 49.5 Å². The summed E-state index contributed by atoms with van der Waals surface area (Å²) >= 11 is 1.20. The van der Waals surface area contributed by atoms with Crippen LogP contribution in [0.25, 0.3) is 5.69 Å². The molecule has 3 rings (SSSR count). The van der Waals surface area contributed by atoms with Crippen molar-refractivity contribution in [2.75, 3.05) is 5.75 Å². The Morgan fingerprint density at radius 3 is 2.20 bits per heavy atom. The predicted octanol–water partition coefficient (Wildman–Crippen LogP) is 3.64. The molecule has 3 N–H and O–H groups in total. The minimum absolute atomic E-state index is 0.0325. The average molecular weight is 497 g/mol. The van der Waals surface area contributed by atoms with Gasteiger partial charge in [0.2, 0.25) is 5.91 Å². The topological polar surface area (TPSA) is 164 Å². The molecule has 1 aromatic heterocycles. The molecular weight excluding hydrogens is 476 g/mol. The number of carbonyl (C=O) groups is 3. The van der Waals surface area contributed by atoms with Gasteiger partial charge in [-0.1, -0.05) is 0 Å². The molecule has 0 fully saturated rings. The van der Waals surface area contributed by atoms with Gasteiger partial charge in [0.05, 0.1) is 28.0 Å². The number of benzene rings is 2. The molecule has 0 aliphatic carbocycles. The standard InChI is InChI=1S/C23H20N4O7S/c1-13-7-17(11-24-25-21(28)12-35-20-5-3-18(4-6-20)27(33)34)14(2)26(13)19-9-15(22(29)30)8-16(10-19)23(31)32/h3-11H,12H2,1-2H3,(H,25,28)(H,29,30)(H,31,32)/b24-11-. The third-order valence-corrected chi connectivity index (χ3v) is 5.96. The van der Waals surface area contributed by atoms with Gasteiger partial charge in [-0.3, -0.25) is 14.9 Å². The Labute approximate surface area is 203 Å². The van der Waals surface area contributed by atoms with Crippen LogP contribution in [-0.2, 0) is 4.79 Å². The molecule has 1 heterocycles. The molecule has 12 heteroatoms. The Kier molecular flexibility index (Phi) is 7.66. The number of aromatic nitrogens is 1. The number of carboxylic acid groups (broad SMARTS) is 2. The number of carboxylic acids is 2. The van der Waals surface area contributed by atoms with Gasteiger partial charge in [-0.2, -0.15) is 5.10 Å². The van der Waals surface area contributed by atoms with Crippen LogP contribution in [0.3, 0.4) is 0 Å². The SMILES string of the molecule is Cc1cc(/C=N\NC(=O)CSc2ccc([N+](=O)[O-])cc2)c(C)n1-c1cc(C(=O)O)cc(C(=O)O)c1. The minimum Gasteiger partial charge on any atom is -0.478 e. The maximum atomic E-state index is 12.1. The number of amides is 1. The number of nitrogens with zero attached hydrogens (tertiary/aromatic N) is 3. The number of aryl methyl sites for hydroxylation is 1. The van der Waals surface area contributed by atoms with E-state index in [0.717, 1.165) is 6.07 Å². The van der Waals surface area contributed by atoms with Gasteiger partial charge in [-0.25, -0.2) is 15.0 Å². The van der Waals surface area contributed by atoms with E-state index in [0.29, 0.717) is 27.5 Å². The zero-order valence-electron chi connectivity index (χ0n) is 18.6. The van der Waals surface area contributed by atoms with Crippen molar-refractivity contribution in [1.82, 2.24) is 9.99 Å². The number of thioether (sulfide) groups is 1. The number of hydrogen-bond acceptors (Lipinski definition) is 7. The zero-order valence-corrected chi connectivity index (χ0v) is 19.4. The van der Waals surface area contributed by atoms with Gasteiger partial charge < -0.3 is 14.8 Å². The van der Waals surface area contributed by atoms with E-state index in [1.165, 1.54) is 42.2 Å². The number of nitro groups is 1. The minimum atomic E-state index is -1.24. The number of aromatic carboxylic acids is 2. The van der Waals surface area contributed by atoms with Crippen LogP contribution in [0.1, 0.15) is 37.7 Å². The highest BCUT2D eigenvalue weighted by atomic mass is 32.2. The van der Waals surface area contributed by atoms with Crippen molar-refractivity contribution in [1.29, 1.82) is 0 Å². The molecule has 0 aliphatic heterocycles. The lowest BCUT2D eigenvalue weighted by Gasteiger charge is -2.12. The highest BCUT2D eigenvalue weighted by Crippen LogP contribution is 2.23. The highest BCUT2D eigenvalue weighted by molar-refractivity contribution is 8.00. The van der Waals surface area contributed by atoms with Gasteiger partial charge in [0, 0.05) is 39.7 Å². The first kappa shape index (κ1) is 25.2. The number of hydrogen-bond donors (Lipinski definition) is 3. The van der Waals surface area contributed by atoms with E-state index in [2.05, 4.69) is 10.5 Å². The number of rotatable bonds is 9. The Morgan fingerprint density at radius 2 is 1.66 bits per heavy atom. The van der Waals surface area contributed by atoms with Crippen molar-refractivity contribution >= 4 is 41.5 Å². The van der Waals surface area contributed by atoms with Gasteiger partial charge in [0.1, 0.15) is 0 Å². The van der Waals surface area contributed by atoms with E-state index in [1.807, 2.05) is 0 Å². The summed E-state index contributed by atoms with van der Waals surface area (Å²) in [6.45, 7) is 3.53. The lowest BCUT2D eigenvalue weighted by Crippen LogP contribution is -2.19. The van der Waals surface area contributed by atoms with Crippen molar-refractivity contribution in [3.05, 3.63) is 86.7 Å². The fourth-order valence-corrected chi connectivity index (χ4v) is 4.01. The number of non-ortho nitro benzene ring substituents is 1. The third kappa shape index (κ3) is 6.12. The molecular formula is C23H20N4O7S. The number of hydrazone groups is 1. The summed E-state index contributed by atoms with van der Waals surface area (Å²) in [5.74, 6) is -2.81. The lowest BCUT2D eigenvalue weighted by atomic mass is 10.1. The van der Waals surface area contributed by atoms with E-state index in [9.17, 15) is 34.7 Å². The zero-order chi connectivity index (χ0) is 25.7. The molecule has 0 bridgehead atoms. The van der Waals surface area contributed by atoms with Crippen LogP contribution in [0.2, 0.25) is 0 Å². The maximum Gasteiger partial charge on any atom is 0.335 e. The van der Waals surface area contributed by atoms with Crippen LogP contribution >= 0.6 is 11.8 Å². The summed E-state index contributed by atoms with van der Waals surface area (Å²) in [7, 11) is 0. The molecule has 0 unspecified atom stereocenters. The van der Waals surface area contributed by atoms with Crippen LogP contribution in [0, 0.1) is 24.0 Å². The van der Waals surface area contributed by atoms with Crippen LogP contribution in [0.15, 0.2) is 58.5 Å². The molecule has 0 saturated carbocycles. The fraction of sp³-hybridized carbons (Fsp3) is 0.130. The van der Waals surface area contributed by atoms with E-state index < -0.39 is 16.9 Å². The van der Waals surface area contributed by atoms with Crippen molar-refractivity contribution in [3.8, 4) is 5.69 Å². The molecule has 11 nitrogen and oxygen atoms in total. The molecule has 0 radical (unpaired) electrons. The van der Waals surface area contributed by atoms with Crippen molar-refractivity contribution in [2.45, 2.75) is 18.7 Å². The van der Waals surface area contributed by atoms with Crippen molar-refractivity contribution in [3.63, 3.8) is 0 Å². The van der Waals surface area contributed by atoms with Gasteiger partial charge in [0.15, 0.2) is 0 Å². The quantitative estimate of drug-likeness (QED) is 0.175. The second-order valence-electron chi connectivity index (χ2n) is 7.37. The first-order valence-corrected chi connectivity index (χ1v) is 11.1. The summed E-state index contributed by atoms with van der Waals surface area (Å²) in [5.41, 5.74) is 4.47. The Hall–Kier alpha value is -4.45. The summed E-state index contributed by atoms with van der Waals surface area (Å²) in [6.07, 6.45) is 1.44. The summed E-state index contributed by atoms with van der Waals surface area (Å²) in [4.78, 5) is 45.9.